The molecule has 0 fully saturated rings. The molecule has 0 N–H and O–H groups in total. The highest BCUT2D eigenvalue weighted by Gasteiger charge is 2.00. The van der Waals surface area contributed by atoms with Crippen molar-refractivity contribution < 1.29 is 9.50 Å². The quantitative estimate of drug-likeness (QED) is 0.470. The van der Waals surface area contributed by atoms with E-state index in [9.17, 15) is 9.50 Å². The SMILES string of the molecule is CN=C([O-])N(C)c1cccc(F)c1. The minimum atomic E-state index is -0.398. The van der Waals surface area contributed by atoms with Crippen LogP contribution >= 0.6 is 0 Å². The molecule has 4 heteroatoms. The second-order valence-electron chi connectivity index (χ2n) is 2.55. The molecule has 0 unspecified atom stereocenters. The lowest BCUT2D eigenvalue weighted by molar-refractivity contribution is -0.217. The average molecular weight is 181 g/mol. The molecule has 1 rings (SSSR count). The van der Waals surface area contributed by atoms with Crippen LogP contribution in [0.25, 0.3) is 0 Å². The Labute approximate surface area is 76.1 Å². The van der Waals surface area contributed by atoms with Crippen LogP contribution in [0.3, 0.4) is 0 Å². The summed E-state index contributed by atoms with van der Waals surface area (Å²) in [6.45, 7) is 0. The molecule has 70 valence electrons. The van der Waals surface area contributed by atoms with Gasteiger partial charge in [-0.05, 0) is 18.2 Å². The van der Waals surface area contributed by atoms with Crippen molar-refractivity contribution in [3.05, 3.63) is 30.1 Å². The number of aliphatic imine (C=N–C) groups is 1. The molecular weight excluding hydrogens is 171 g/mol. The number of rotatable bonds is 1. The fourth-order valence-corrected chi connectivity index (χ4v) is 0.945. The molecular formula is C9H10FN2O-. The van der Waals surface area contributed by atoms with Gasteiger partial charge in [-0.2, -0.15) is 0 Å². The summed E-state index contributed by atoms with van der Waals surface area (Å²) >= 11 is 0. The van der Waals surface area contributed by atoms with Crippen LogP contribution < -0.4 is 10.0 Å². The molecule has 0 spiro atoms. The van der Waals surface area contributed by atoms with Crippen LogP contribution in [0.15, 0.2) is 29.3 Å². The number of hydrogen-bond donors (Lipinski definition) is 0. The van der Waals surface area contributed by atoms with Crippen molar-refractivity contribution in [2.24, 2.45) is 4.99 Å². The van der Waals surface area contributed by atoms with E-state index in [0.717, 1.165) is 0 Å². The Bertz CT molecular complexity index is 325. The fourth-order valence-electron chi connectivity index (χ4n) is 0.945. The number of nitrogens with zero attached hydrogens (tertiary/aromatic N) is 2. The summed E-state index contributed by atoms with van der Waals surface area (Å²) in [5.41, 5.74) is 0.496. The molecule has 0 saturated heterocycles. The van der Waals surface area contributed by atoms with Crippen molar-refractivity contribution in [2.45, 2.75) is 0 Å². The van der Waals surface area contributed by atoms with Gasteiger partial charge in [0.05, 0.1) is 6.02 Å². The Kier molecular flexibility index (Phi) is 2.84. The zero-order chi connectivity index (χ0) is 9.84. The van der Waals surface area contributed by atoms with E-state index in [1.807, 2.05) is 0 Å². The number of hydrogen-bond acceptors (Lipinski definition) is 2. The van der Waals surface area contributed by atoms with E-state index >= 15 is 0 Å². The molecule has 0 bridgehead atoms. The zero-order valence-electron chi connectivity index (χ0n) is 7.49. The number of anilines is 1. The maximum absolute atomic E-state index is 12.7. The zero-order valence-corrected chi connectivity index (χ0v) is 7.49. The van der Waals surface area contributed by atoms with Crippen molar-refractivity contribution >= 4 is 11.7 Å². The van der Waals surface area contributed by atoms with Crippen LogP contribution in [0.5, 0.6) is 0 Å². The lowest BCUT2D eigenvalue weighted by Gasteiger charge is -2.24. The van der Waals surface area contributed by atoms with Crippen molar-refractivity contribution in [3.63, 3.8) is 0 Å². The lowest BCUT2D eigenvalue weighted by atomic mass is 10.3. The predicted octanol–water partition coefficient (Wildman–Crippen LogP) is 0.608. The van der Waals surface area contributed by atoms with Gasteiger partial charge in [-0.3, -0.25) is 4.99 Å². The molecule has 0 amide bonds. The first-order valence-corrected chi connectivity index (χ1v) is 3.78. The van der Waals surface area contributed by atoms with Gasteiger partial charge in [-0.25, -0.2) is 4.39 Å². The molecule has 0 aliphatic rings. The van der Waals surface area contributed by atoms with Gasteiger partial charge in [-0.1, -0.05) is 6.07 Å². The minimum absolute atomic E-state index is 0.367. The summed E-state index contributed by atoms with van der Waals surface area (Å²) < 4.78 is 12.7. The Morgan fingerprint density at radius 3 is 2.77 bits per heavy atom. The highest BCUT2D eigenvalue weighted by atomic mass is 19.1. The molecule has 1 aromatic carbocycles. The molecule has 0 atom stereocenters. The summed E-state index contributed by atoms with van der Waals surface area (Å²) in [5, 5.41) is 11.1. The summed E-state index contributed by atoms with van der Waals surface area (Å²) in [4.78, 5) is 4.74. The summed E-state index contributed by atoms with van der Waals surface area (Å²) in [7, 11) is 2.95. The first kappa shape index (κ1) is 9.51. The normalized spacial score (nSPS) is 11.5. The van der Waals surface area contributed by atoms with Crippen LogP contribution in [-0.2, 0) is 0 Å². The first-order valence-electron chi connectivity index (χ1n) is 3.78. The Morgan fingerprint density at radius 2 is 2.23 bits per heavy atom. The van der Waals surface area contributed by atoms with Crippen molar-refractivity contribution in [1.82, 2.24) is 0 Å². The van der Waals surface area contributed by atoms with E-state index in [1.54, 1.807) is 19.2 Å². The monoisotopic (exact) mass is 181 g/mol. The second-order valence-corrected chi connectivity index (χ2v) is 2.55. The van der Waals surface area contributed by atoms with E-state index in [-0.39, 0.29) is 5.82 Å². The van der Waals surface area contributed by atoms with Gasteiger partial charge in [0.25, 0.3) is 0 Å². The van der Waals surface area contributed by atoms with Gasteiger partial charge < -0.3 is 10.0 Å². The molecule has 0 aliphatic carbocycles. The molecule has 0 radical (unpaired) electrons. The van der Waals surface area contributed by atoms with E-state index < -0.39 is 6.02 Å². The summed E-state index contributed by atoms with van der Waals surface area (Å²) in [6, 6.07) is 5.40. The van der Waals surface area contributed by atoms with E-state index in [4.69, 9.17) is 0 Å². The molecule has 0 heterocycles. The van der Waals surface area contributed by atoms with Crippen LogP contribution in [0.2, 0.25) is 0 Å². The van der Waals surface area contributed by atoms with Gasteiger partial charge in [-0.15, -0.1) is 0 Å². The standard InChI is InChI=1S/C9H11FN2O/c1-11-9(13)12(2)8-5-3-4-7(10)6-8/h3-6H,1-2H3,(H,11,13)/p-1. The van der Waals surface area contributed by atoms with E-state index in [0.29, 0.717) is 5.69 Å². The van der Waals surface area contributed by atoms with Gasteiger partial charge in [0.1, 0.15) is 5.82 Å². The van der Waals surface area contributed by atoms with Crippen LogP contribution in [0.1, 0.15) is 0 Å². The smallest absolute Gasteiger partial charge is 0.125 e. The van der Waals surface area contributed by atoms with Crippen molar-refractivity contribution in [3.8, 4) is 0 Å². The first-order chi connectivity index (χ1) is 6.15. The van der Waals surface area contributed by atoms with Crippen LogP contribution in [0, 0.1) is 5.82 Å². The Hall–Kier alpha value is -1.58. The highest BCUT2D eigenvalue weighted by Crippen LogP contribution is 2.12. The average Bonchev–Trinajstić information content (AvgIpc) is 2.15. The molecule has 13 heavy (non-hydrogen) atoms. The number of amidine groups is 1. The summed E-state index contributed by atoms with van der Waals surface area (Å²) in [5.74, 6) is -0.367. The highest BCUT2D eigenvalue weighted by molar-refractivity contribution is 5.87. The topological polar surface area (TPSA) is 38.7 Å². The molecule has 0 aliphatic heterocycles. The van der Waals surface area contributed by atoms with Gasteiger partial charge in [0.15, 0.2) is 0 Å². The number of halogens is 1. The molecule has 0 aromatic heterocycles. The van der Waals surface area contributed by atoms with Crippen molar-refractivity contribution in [1.29, 1.82) is 0 Å². The second kappa shape index (κ2) is 3.89. The van der Waals surface area contributed by atoms with Gasteiger partial charge in [0.2, 0.25) is 0 Å². The third kappa shape index (κ3) is 2.18. The van der Waals surface area contributed by atoms with Crippen molar-refractivity contribution in [2.75, 3.05) is 19.0 Å². The summed E-state index contributed by atoms with van der Waals surface area (Å²) in [6.07, 6.45) is 0. The van der Waals surface area contributed by atoms with E-state index in [1.165, 1.54) is 24.1 Å². The largest absolute Gasteiger partial charge is 0.846 e. The molecule has 1 aromatic rings. The number of benzene rings is 1. The van der Waals surface area contributed by atoms with Crippen LogP contribution in [-0.4, -0.2) is 20.1 Å². The Balaban J connectivity index is 2.95. The predicted molar refractivity (Wildman–Crippen MR) is 48.2 cm³/mol. The molecule has 3 nitrogen and oxygen atoms in total. The maximum atomic E-state index is 12.7. The Morgan fingerprint density at radius 1 is 1.54 bits per heavy atom. The van der Waals surface area contributed by atoms with Gasteiger partial charge in [0, 0.05) is 19.8 Å². The maximum Gasteiger partial charge on any atom is 0.125 e. The lowest BCUT2D eigenvalue weighted by Crippen LogP contribution is -2.36. The van der Waals surface area contributed by atoms with E-state index in [2.05, 4.69) is 4.99 Å². The van der Waals surface area contributed by atoms with Gasteiger partial charge >= 0.3 is 0 Å². The van der Waals surface area contributed by atoms with Crippen LogP contribution in [0.4, 0.5) is 10.1 Å². The third-order valence-corrected chi connectivity index (χ3v) is 1.67. The minimum Gasteiger partial charge on any atom is -0.846 e. The fraction of sp³-hybridized carbons (Fsp3) is 0.222. The molecule has 0 saturated carbocycles. The third-order valence-electron chi connectivity index (χ3n) is 1.67.